The molecule has 2 nitrogen and oxygen atoms in total. The molecule has 1 aromatic carbocycles. The molecule has 5 heteroatoms. The van der Waals surface area contributed by atoms with Crippen LogP contribution < -0.4 is 5.32 Å². The Morgan fingerprint density at radius 2 is 2.21 bits per heavy atom. The van der Waals surface area contributed by atoms with E-state index in [0.29, 0.717) is 0 Å². The highest BCUT2D eigenvalue weighted by Crippen LogP contribution is 2.34. The maximum absolute atomic E-state index is 13.1. The van der Waals surface area contributed by atoms with E-state index in [-0.39, 0.29) is 5.82 Å². The second kappa shape index (κ2) is 6.59. The Hall–Kier alpha value is -0.780. The van der Waals surface area contributed by atoms with Crippen LogP contribution in [0.15, 0.2) is 22.7 Å². The Morgan fingerprint density at radius 1 is 1.42 bits per heavy atom. The number of nitrogens with one attached hydrogen (secondary N) is 1. The zero-order valence-corrected chi connectivity index (χ0v) is 13.4. The van der Waals surface area contributed by atoms with Gasteiger partial charge in [0.1, 0.15) is 10.8 Å². The molecule has 0 saturated carbocycles. The number of aromatic nitrogens is 1. The average Bonchev–Trinajstić information content (AvgIpc) is 2.73. The molecule has 0 aliphatic heterocycles. The van der Waals surface area contributed by atoms with Gasteiger partial charge >= 0.3 is 0 Å². The molecule has 0 radical (unpaired) electrons. The molecular formula is C14H16BrFN2S. The Bertz CT molecular complexity index is 545. The number of thiazole rings is 1. The molecule has 0 spiro atoms. The molecule has 1 aromatic heterocycles. The van der Waals surface area contributed by atoms with Crippen LogP contribution in [0.3, 0.4) is 0 Å². The lowest BCUT2D eigenvalue weighted by molar-refractivity contribution is 0.627. The van der Waals surface area contributed by atoms with Gasteiger partial charge in [0.15, 0.2) is 0 Å². The molecule has 0 atom stereocenters. The van der Waals surface area contributed by atoms with E-state index in [9.17, 15) is 4.39 Å². The van der Waals surface area contributed by atoms with Gasteiger partial charge in [-0.15, -0.1) is 11.3 Å². The van der Waals surface area contributed by atoms with Crippen molar-refractivity contribution in [2.24, 2.45) is 0 Å². The summed E-state index contributed by atoms with van der Waals surface area (Å²) in [5.74, 6) is -0.239. The molecular weight excluding hydrogens is 327 g/mol. The molecule has 0 amide bonds. The zero-order chi connectivity index (χ0) is 13.8. The summed E-state index contributed by atoms with van der Waals surface area (Å²) in [5.41, 5.74) is 2.10. The number of hydrogen-bond donors (Lipinski definition) is 1. The Kier molecular flexibility index (Phi) is 5.07. The van der Waals surface area contributed by atoms with Crippen molar-refractivity contribution in [1.82, 2.24) is 10.3 Å². The minimum Gasteiger partial charge on any atom is -0.315 e. The van der Waals surface area contributed by atoms with Crippen LogP contribution in [0, 0.1) is 5.82 Å². The fourth-order valence-electron chi connectivity index (χ4n) is 1.89. The first-order valence-corrected chi connectivity index (χ1v) is 7.85. The third kappa shape index (κ3) is 3.41. The van der Waals surface area contributed by atoms with Gasteiger partial charge in [0.05, 0.1) is 5.69 Å². The van der Waals surface area contributed by atoms with Crippen molar-refractivity contribution in [1.29, 1.82) is 0 Å². The van der Waals surface area contributed by atoms with Crippen LogP contribution in [0.5, 0.6) is 0 Å². The van der Waals surface area contributed by atoms with Gasteiger partial charge in [0, 0.05) is 21.5 Å². The summed E-state index contributed by atoms with van der Waals surface area (Å²) in [6, 6.07) is 4.73. The van der Waals surface area contributed by atoms with Crippen molar-refractivity contribution < 1.29 is 4.39 Å². The highest BCUT2D eigenvalue weighted by Gasteiger charge is 2.13. The van der Waals surface area contributed by atoms with Crippen LogP contribution in [-0.2, 0) is 13.0 Å². The lowest BCUT2D eigenvalue weighted by Crippen LogP contribution is -2.05. The molecule has 0 aliphatic rings. The molecule has 19 heavy (non-hydrogen) atoms. The van der Waals surface area contributed by atoms with Gasteiger partial charge in [-0.3, -0.25) is 0 Å². The normalized spacial score (nSPS) is 10.9. The SMILES string of the molecule is CCCc1nc(-c2ccc(F)cc2Br)sc1CNC. The van der Waals surface area contributed by atoms with Gasteiger partial charge in [0.25, 0.3) is 0 Å². The number of benzene rings is 1. The standard InChI is InChI=1S/C14H16BrFN2S/c1-3-4-12-13(8-17-2)19-14(18-12)10-6-5-9(16)7-11(10)15/h5-7,17H,3-4,8H2,1-2H3. The fourth-order valence-corrected chi connectivity index (χ4v) is 3.72. The molecule has 1 heterocycles. The Labute approximate surface area is 125 Å². The van der Waals surface area contributed by atoms with E-state index in [1.54, 1.807) is 17.4 Å². The first-order chi connectivity index (χ1) is 9.15. The summed E-state index contributed by atoms with van der Waals surface area (Å²) in [5, 5.41) is 4.12. The van der Waals surface area contributed by atoms with Crippen molar-refractivity contribution in [2.75, 3.05) is 7.05 Å². The van der Waals surface area contributed by atoms with Crippen molar-refractivity contribution >= 4 is 27.3 Å². The first-order valence-electron chi connectivity index (χ1n) is 6.24. The fraction of sp³-hybridized carbons (Fsp3) is 0.357. The van der Waals surface area contributed by atoms with E-state index in [0.717, 1.165) is 40.1 Å². The summed E-state index contributed by atoms with van der Waals surface area (Å²) in [7, 11) is 1.93. The van der Waals surface area contributed by atoms with Crippen LogP contribution in [0.1, 0.15) is 23.9 Å². The van der Waals surface area contributed by atoms with E-state index in [1.165, 1.54) is 17.0 Å². The lowest BCUT2D eigenvalue weighted by Gasteiger charge is -2.00. The smallest absolute Gasteiger partial charge is 0.125 e. The Balaban J connectivity index is 2.41. The maximum Gasteiger partial charge on any atom is 0.125 e. The first kappa shape index (κ1) is 14.6. The zero-order valence-electron chi connectivity index (χ0n) is 11.0. The largest absolute Gasteiger partial charge is 0.315 e. The highest BCUT2D eigenvalue weighted by atomic mass is 79.9. The van der Waals surface area contributed by atoms with E-state index in [4.69, 9.17) is 4.98 Å². The second-order valence-corrected chi connectivity index (χ2v) is 6.23. The van der Waals surface area contributed by atoms with Crippen molar-refractivity contribution in [3.05, 3.63) is 39.1 Å². The maximum atomic E-state index is 13.1. The number of rotatable bonds is 5. The second-order valence-electron chi connectivity index (χ2n) is 4.29. The summed E-state index contributed by atoms with van der Waals surface area (Å²) >= 11 is 5.08. The van der Waals surface area contributed by atoms with Crippen molar-refractivity contribution in [3.63, 3.8) is 0 Å². The average molecular weight is 343 g/mol. The summed E-state index contributed by atoms with van der Waals surface area (Å²) < 4.78 is 13.9. The van der Waals surface area contributed by atoms with Crippen LogP contribution in [-0.4, -0.2) is 12.0 Å². The molecule has 2 rings (SSSR count). The molecule has 0 bridgehead atoms. The third-order valence-electron chi connectivity index (χ3n) is 2.76. The van der Waals surface area contributed by atoms with Gasteiger partial charge in [-0.05, 0) is 47.6 Å². The number of aryl methyl sites for hydroxylation is 1. The number of hydrogen-bond acceptors (Lipinski definition) is 3. The van der Waals surface area contributed by atoms with Crippen molar-refractivity contribution in [2.45, 2.75) is 26.3 Å². The van der Waals surface area contributed by atoms with E-state index in [2.05, 4.69) is 28.2 Å². The molecule has 1 N–H and O–H groups in total. The van der Waals surface area contributed by atoms with E-state index in [1.807, 2.05) is 7.05 Å². The van der Waals surface area contributed by atoms with Gasteiger partial charge < -0.3 is 5.32 Å². The molecule has 0 unspecified atom stereocenters. The summed E-state index contributed by atoms with van der Waals surface area (Å²) in [6.07, 6.45) is 2.05. The lowest BCUT2D eigenvalue weighted by atomic mass is 10.2. The Morgan fingerprint density at radius 3 is 2.84 bits per heavy atom. The third-order valence-corrected chi connectivity index (χ3v) is 4.55. The van der Waals surface area contributed by atoms with Gasteiger partial charge in [0.2, 0.25) is 0 Å². The minimum atomic E-state index is -0.239. The highest BCUT2D eigenvalue weighted by molar-refractivity contribution is 9.10. The quantitative estimate of drug-likeness (QED) is 0.871. The van der Waals surface area contributed by atoms with Gasteiger partial charge in [-0.1, -0.05) is 13.3 Å². The number of halogens is 2. The minimum absolute atomic E-state index is 0.239. The van der Waals surface area contributed by atoms with Crippen LogP contribution in [0.25, 0.3) is 10.6 Å². The predicted octanol–water partition coefficient (Wildman–Crippen LogP) is 4.38. The molecule has 0 saturated heterocycles. The van der Waals surface area contributed by atoms with Crippen LogP contribution in [0.4, 0.5) is 4.39 Å². The monoisotopic (exact) mass is 342 g/mol. The number of nitrogens with zero attached hydrogens (tertiary/aromatic N) is 1. The van der Waals surface area contributed by atoms with Crippen LogP contribution >= 0.6 is 27.3 Å². The molecule has 102 valence electrons. The van der Waals surface area contributed by atoms with Gasteiger partial charge in [-0.2, -0.15) is 0 Å². The van der Waals surface area contributed by atoms with Crippen molar-refractivity contribution in [3.8, 4) is 10.6 Å². The topological polar surface area (TPSA) is 24.9 Å². The summed E-state index contributed by atoms with van der Waals surface area (Å²) in [4.78, 5) is 5.97. The predicted molar refractivity (Wildman–Crippen MR) is 82.0 cm³/mol. The molecule has 0 fully saturated rings. The van der Waals surface area contributed by atoms with E-state index >= 15 is 0 Å². The molecule has 0 aliphatic carbocycles. The van der Waals surface area contributed by atoms with Crippen LogP contribution in [0.2, 0.25) is 0 Å². The van der Waals surface area contributed by atoms with Gasteiger partial charge in [-0.25, -0.2) is 9.37 Å². The van der Waals surface area contributed by atoms with E-state index < -0.39 is 0 Å². The molecule has 2 aromatic rings. The summed E-state index contributed by atoms with van der Waals surface area (Å²) in [6.45, 7) is 2.97.